The van der Waals surface area contributed by atoms with E-state index in [-0.39, 0.29) is 35.2 Å². The first-order chi connectivity index (χ1) is 25.2. The zero-order valence-corrected chi connectivity index (χ0v) is 34.5. The van der Waals surface area contributed by atoms with Crippen LogP contribution in [0.15, 0.2) is 24.3 Å². The van der Waals surface area contributed by atoms with Crippen molar-refractivity contribution >= 4 is 23.9 Å². The van der Waals surface area contributed by atoms with Gasteiger partial charge in [0.2, 0.25) is 0 Å². The second-order valence-corrected chi connectivity index (χ2v) is 17.3. The van der Waals surface area contributed by atoms with Crippen molar-refractivity contribution < 1.29 is 24.9 Å². The van der Waals surface area contributed by atoms with E-state index >= 15 is 0 Å². The van der Waals surface area contributed by atoms with E-state index in [1.54, 1.807) is 0 Å². The van der Waals surface area contributed by atoms with E-state index in [1.807, 2.05) is 24.1 Å². The maximum Gasteiger partial charge on any atom is 0.324 e. The highest BCUT2D eigenvalue weighted by molar-refractivity contribution is 6.21. The molecule has 0 aromatic heterocycles. The number of rotatable bonds is 33. The van der Waals surface area contributed by atoms with Crippen LogP contribution >= 0.6 is 11.6 Å². The first-order valence-electron chi connectivity index (χ1n) is 21.9. The van der Waals surface area contributed by atoms with E-state index in [2.05, 4.69) is 26.0 Å². The van der Waals surface area contributed by atoms with Crippen LogP contribution in [0, 0.1) is 17.3 Å². The van der Waals surface area contributed by atoms with Gasteiger partial charge in [-0.2, -0.15) is 0 Å². The molecule has 0 amide bonds. The van der Waals surface area contributed by atoms with Gasteiger partial charge in [0.05, 0.1) is 12.2 Å². The van der Waals surface area contributed by atoms with Crippen molar-refractivity contribution in [1.82, 2.24) is 4.90 Å². The van der Waals surface area contributed by atoms with Gasteiger partial charge in [0.15, 0.2) is 0 Å². The van der Waals surface area contributed by atoms with Crippen LogP contribution in [-0.4, -0.2) is 69.2 Å². The zero-order valence-electron chi connectivity index (χ0n) is 33.8. The minimum atomic E-state index is -1.21. The summed E-state index contributed by atoms with van der Waals surface area (Å²) >= 11 is 6.69. The van der Waals surface area contributed by atoms with Crippen molar-refractivity contribution in [2.45, 2.75) is 217 Å². The molecule has 0 aromatic rings. The van der Waals surface area contributed by atoms with Gasteiger partial charge < -0.3 is 20.1 Å². The monoisotopic (exact) mass is 750 g/mol. The molecule has 6 nitrogen and oxygen atoms in total. The van der Waals surface area contributed by atoms with Crippen LogP contribution in [0.25, 0.3) is 0 Å². The largest absolute Gasteiger partial charge is 0.480 e. The maximum absolute atomic E-state index is 12.6. The van der Waals surface area contributed by atoms with Gasteiger partial charge in [0.1, 0.15) is 11.8 Å². The predicted octanol–water partition coefficient (Wildman–Crippen LogP) is 11.6. The summed E-state index contributed by atoms with van der Waals surface area (Å²) in [6.07, 6.45) is 39.0. The molecule has 6 atom stereocenters. The third-order valence-corrected chi connectivity index (χ3v) is 13.5. The number of carboxylic acid groups (broad SMARTS) is 1. The minimum absolute atomic E-state index is 0.0255. The van der Waals surface area contributed by atoms with Crippen LogP contribution in [-0.2, 0) is 9.59 Å². The quantitative estimate of drug-likeness (QED) is 0.0267. The minimum Gasteiger partial charge on any atom is -0.480 e. The lowest BCUT2D eigenvalue weighted by molar-refractivity contribution is -0.153. The first kappa shape index (κ1) is 46.9. The molecule has 2 fully saturated rings. The number of aliphatic hydroxyl groups excluding tert-OH is 2. The fraction of sp³-hybridized carbons (Fsp3) is 0.867. The summed E-state index contributed by atoms with van der Waals surface area (Å²) in [7, 11) is 1.86. The molecule has 0 radical (unpaired) electrons. The SMILES string of the molecule is CCCCCCCCCCCCCCCCCCCCN(C)C(CC=O)(CCC=CC[C@@H]1[C@@H](C=CC[C@H](O)C2(CC)CCC2)[C@H](O)C[C@H]1Cl)C(=O)O. The fourth-order valence-corrected chi connectivity index (χ4v) is 9.39. The summed E-state index contributed by atoms with van der Waals surface area (Å²) in [5, 5.41) is 31.7. The number of nitrogens with zero attached hydrogens (tertiary/aromatic N) is 1. The van der Waals surface area contributed by atoms with Crippen molar-refractivity contribution in [3.05, 3.63) is 24.3 Å². The normalized spacial score (nSPS) is 23.4. The summed E-state index contributed by atoms with van der Waals surface area (Å²) in [6.45, 7) is 5.10. The molecule has 0 saturated heterocycles. The second-order valence-electron chi connectivity index (χ2n) is 16.7. The van der Waals surface area contributed by atoms with Crippen molar-refractivity contribution in [1.29, 1.82) is 0 Å². The maximum atomic E-state index is 12.6. The van der Waals surface area contributed by atoms with Gasteiger partial charge >= 0.3 is 5.97 Å². The number of allylic oxidation sites excluding steroid dienone is 2. The summed E-state index contributed by atoms with van der Waals surface area (Å²) in [5.74, 6) is -0.916. The van der Waals surface area contributed by atoms with E-state index in [1.165, 1.54) is 109 Å². The number of aldehydes is 1. The number of alkyl halides is 1. The lowest BCUT2D eigenvalue weighted by Crippen LogP contribution is -2.53. The molecule has 0 bridgehead atoms. The van der Waals surface area contributed by atoms with Gasteiger partial charge in [-0.25, -0.2) is 0 Å². The Morgan fingerprint density at radius 1 is 0.865 bits per heavy atom. The number of aliphatic hydroxyl groups is 2. The zero-order chi connectivity index (χ0) is 38.1. The summed E-state index contributed by atoms with van der Waals surface area (Å²) in [6, 6.07) is 0. The molecule has 1 unspecified atom stereocenters. The van der Waals surface area contributed by atoms with E-state index in [0.717, 1.165) is 38.4 Å². The highest BCUT2D eigenvalue weighted by Crippen LogP contribution is 2.48. The number of hydrogen-bond donors (Lipinski definition) is 3. The van der Waals surface area contributed by atoms with Crippen LogP contribution in [0.2, 0.25) is 0 Å². The smallest absolute Gasteiger partial charge is 0.324 e. The van der Waals surface area contributed by atoms with Crippen LogP contribution in [0.4, 0.5) is 0 Å². The molecular weight excluding hydrogens is 670 g/mol. The Hall–Kier alpha value is -1.21. The van der Waals surface area contributed by atoms with Gasteiger partial charge in [-0.1, -0.05) is 154 Å². The van der Waals surface area contributed by atoms with E-state index in [9.17, 15) is 24.9 Å². The number of carboxylic acids is 1. The van der Waals surface area contributed by atoms with Crippen molar-refractivity contribution in [3.8, 4) is 0 Å². The second kappa shape index (κ2) is 27.4. The Morgan fingerprint density at radius 3 is 1.87 bits per heavy atom. The number of likely N-dealkylation sites (N-methyl/N-ethyl adjacent to an activating group) is 1. The number of carbonyl (C=O) groups excluding carboxylic acids is 1. The third kappa shape index (κ3) is 16.3. The third-order valence-electron chi connectivity index (χ3n) is 13.0. The number of carbonyl (C=O) groups is 2. The van der Waals surface area contributed by atoms with Crippen molar-refractivity contribution in [2.24, 2.45) is 17.3 Å². The van der Waals surface area contributed by atoms with E-state index in [4.69, 9.17) is 11.6 Å². The van der Waals surface area contributed by atoms with Crippen LogP contribution < -0.4 is 0 Å². The summed E-state index contributed by atoms with van der Waals surface area (Å²) in [4.78, 5) is 26.2. The highest BCUT2D eigenvalue weighted by Gasteiger charge is 2.43. The summed E-state index contributed by atoms with van der Waals surface area (Å²) in [5.41, 5.74) is -1.15. The predicted molar refractivity (Wildman–Crippen MR) is 219 cm³/mol. The molecule has 0 spiro atoms. The van der Waals surface area contributed by atoms with Crippen LogP contribution in [0.5, 0.6) is 0 Å². The van der Waals surface area contributed by atoms with Gasteiger partial charge in [-0.05, 0) is 82.7 Å². The molecule has 2 aliphatic rings. The molecule has 2 aliphatic carbocycles. The molecule has 0 aromatic carbocycles. The van der Waals surface area contributed by atoms with Crippen molar-refractivity contribution in [3.63, 3.8) is 0 Å². The molecule has 52 heavy (non-hydrogen) atoms. The van der Waals surface area contributed by atoms with Crippen LogP contribution in [0.1, 0.15) is 194 Å². The van der Waals surface area contributed by atoms with E-state index in [0.29, 0.717) is 38.6 Å². The molecule has 3 N–H and O–H groups in total. The Bertz CT molecular complexity index is 993. The van der Waals surface area contributed by atoms with Gasteiger partial charge in [0.25, 0.3) is 0 Å². The van der Waals surface area contributed by atoms with Gasteiger partial charge in [-0.3, -0.25) is 9.69 Å². The Kier molecular flexibility index (Phi) is 24.7. The standard InChI is InChI=1S/C45H80ClNO5/c1-4-6-7-8-9-10-11-12-13-14-15-16-17-18-19-20-21-25-35-47(3)45(34-36-48,43(51)52)33-24-22-23-28-38-39(41(49)37-40(38)46)29-26-30-42(50)44(5-2)31-27-32-44/h22-23,26,29,36,38-42,49-50H,4-21,24-25,27-28,30-35,37H2,1-3H3,(H,51,52)/t38-,39-,40-,41-,42+,45?/m1/s1. The Labute approximate surface area is 324 Å². The molecule has 2 saturated carbocycles. The number of hydrogen-bond acceptors (Lipinski definition) is 5. The molecule has 7 heteroatoms. The lowest BCUT2D eigenvalue weighted by Gasteiger charge is -2.45. The summed E-state index contributed by atoms with van der Waals surface area (Å²) < 4.78 is 0. The number of halogens is 1. The Balaban J connectivity index is 1.66. The fourth-order valence-electron chi connectivity index (χ4n) is 8.93. The number of aliphatic carboxylic acids is 1. The average molecular weight is 751 g/mol. The van der Waals surface area contributed by atoms with Crippen molar-refractivity contribution in [2.75, 3.05) is 13.6 Å². The molecule has 2 rings (SSSR count). The topological polar surface area (TPSA) is 98.1 Å². The van der Waals surface area contributed by atoms with Crippen LogP contribution in [0.3, 0.4) is 0 Å². The molecular formula is C45H80ClNO5. The molecule has 0 aliphatic heterocycles. The molecule has 0 heterocycles. The number of unbranched alkanes of at least 4 members (excludes halogenated alkanes) is 17. The van der Waals surface area contributed by atoms with E-state index < -0.39 is 17.6 Å². The Morgan fingerprint density at radius 2 is 1.40 bits per heavy atom. The first-order valence-corrected chi connectivity index (χ1v) is 22.3. The highest BCUT2D eigenvalue weighted by atomic mass is 35.5. The average Bonchev–Trinajstić information content (AvgIpc) is 3.37. The lowest BCUT2D eigenvalue weighted by atomic mass is 9.63. The molecule has 302 valence electrons. The van der Waals surface area contributed by atoms with Gasteiger partial charge in [0, 0.05) is 17.7 Å². The van der Waals surface area contributed by atoms with Gasteiger partial charge in [-0.15, -0.1) is 11.6 Å².